The average Bonchev–Trinajstić information content (AvgIpc) is 2.79. The molecule has 0 aliphatic rings. The zero-order valence-corrected chi connectivity index (χ0v) is 10.4. The van der Waals surface area contributed by atoms with Crippen LogP contribution in [0.5, 0.6) is 5.75 Å². The van der Waals surface area contributed by atoms with Gasteiger partial charge in [0.1, 0.15) is 5.75 Å². The molecule has 0 aliphatic heterocycles. The smallest absolute Gasteiger partial charge is 0.122 e. The highest BCUT2D eigenvalue weighted by molar-refractivity contribution is 5.68. The van der Waals surface area contributed by atoms with E-state index in [1.165, 1.54) is 0 Å². The number of ether oxygens (including phenoxy) is 1. The molecule has 3 N–H and O–H groups in total. The molecule has 2 aromatic rings. The Morgan fingerprint density at radius 1 is 1.29 bits per heavy atom. The number of hydrogen-bond acceptors (Lipinski definition) is 3. The fourth-order valence-corrected chi connectivity index (χ4v) is 1.97. The Balaban J connectivity index is 2.56. The predicted octanol–water partition coefficient (Wildman–Crippen LogP) is 2.16. The van der Waals surface area contributed by atoms with Gasteiger partial charge >= 0.3 is 0 Å². The van der Waals surface area contributed by atoms with Gasteiger partial charge in [0, 0.05) is 12.1 Å². The number of hydrogen-bond donors (Lipinski definition) is 2. The summed E-state index contributed by atoms with van der Waals surface area (Å²) in [6.45, 7) is 4.53. The first-order chi connectivity index (χ1) is 8.17. The molecule has 1 aromatic carbocycles. The van der Waals surface area contributed by atoms with Crippen LogP contribution in [0.4, 0.5) is 0 Å². The summed E-state index contributed by atoms with van der Waals surface area (Å²) in [4.78, 5) is 7.40. The Labute approximate surface area is 101 Å². The fourth-order valence-electron chi connectivity index (χ4n) is 1.97. The maximum Gasteiger partial charge on any atom is 0.122 e. The molecule has 0 fully saturated rings. The summed E-state index contributed by atoms with van der Waals surface area (Å²) in [5, 5.41) is 0. The Bertz CT molecular complexity index is 531. The lowest BCUT2D eigenvalue weighted by atomic mass is 10.0. The van der Waals surface area contributed by atoms with Crippen molar-refractivity contribution in [2.45, 2.75) is 20.4 Å². The Morgan fingerprint density at radius 3 is 2.71 bits per heavy atom. The maximum absolute atomic E-state index is 5.68. The van der Waals surface area contributed by atoms with E-state index in [1.54, 1.807) is 13.4 Å². The van der Waals surface area contributed by atoms with Crippen molar-refractivity contribution in [3.05, 3.63) is 35.3 Å². The van der Waals surface area contributed by atoms with Crippen molar-refractivity contribution in [2.24, 2.45) is 5.73 Å². The van der Waals surface area contributed by atoms with E-state index >= 15 is 0 Å². The number of aryl methyl sites for hydroxylation is 2. The van der Waals surface area contributed by atoms with Crippen molar-refractivity contribution in [3.8, 4) is 17.0 Å². The van der Waals surface area contributed by atoms with Crippen molar-refractivity contribution in [1.29, 1.82) is 0 Å². The zero-order valence-electron chi connectivity index (χ0n) is 10.4. The molecule has 0 saturated heterocycles. The van der Waals surface area contributed by atoms with E-state index in [-0.39, 0.29) is 0 Å². The largest absolute Gasteiger partial charge is 0.496 e. The second kappa shape index (κ2) is 4.59. The molecule has 2 rings (SSSR count). The van der Waals surface area contributed by atoms with Crippen LogP contribution in [0.25, 0.3) is 11.3 Å². The molecule has 0 radical (unpaired) electrons. The quantitative estimate of drug-likeness (QED) is 0.850. The zero-order chi connectivity index (χ0) is 12.4. The Morgan fingerprint density at radius 2 is 2.06 bits per heavy atom. The van der Waals surface area contributed by atoms with Crippen molar-refractivity contribution in [2.75, 3.05) is 7.11 Å². The van der Waals surface area contributed by atoms with Crippen molar-refractivity contribution >= 4 is 0 Å². The molecular formula is C13H17N3O. The molecule has 0 amide bonds. The number of H-pyrrole nitrogens is 1. The van der Waals surface area contributed by atoms with Crippen LogP contribution in [0.2, 0.25) is 0 Å². The van der Waals surface area contributed by atoms with Gasteiger partial charge in [-0.15, -0.1) is 0 Å². The van der Waals surface area contributed by atoms with Crippen LogP contribution in [-0.4, -0.2) is 17.1 Å². The van der Waals surface area contributed by atoms with Crippen LogP contribution in [-0.2, 0) is 6.54 Å². The predicted molar refractivity (Wildman–Crippen MR) is 67.9 cm³/mol. The molecule has 0 bridgehead atoms. The number of nitrogens with one attached hydrogen (secondary N) is 1. The first-order valence-corrected chi connectivity index (χ1v) is 5.55. The Hall–Kier alpha value is -1.81. The van der Waals surface area contributed by atoms with E-state index in [2.05, 4.69) is 16.0 Å². The number of rotatable bonds is 3. The molecule has 0 atom stereocenters. The van der Waals surface area contributed by atoms with Crippen LogP contribution in [0.15, 0.2) is 18.5 Å². The number of benzene rings is 1. The molecule has 1 heterocycles. The third-order valence-corrected chi connectivity index (χ3v) is 2.92. The van der Waals surface area contributed by atoms with Gasteiger partial charge in [-0.2, -0.15) is 0 Å². The van der Waals surface area contributed by atoms with Crippen molar-refractivity contribution < 1.29 is 4.74 Å². The van der Waals surface area contributed by atoms with Crippen LogP contribution in [0.3, 0.4) is 0 Å². The highest BCUT2D eigenvalue weighted by Crippen LogP contribution is 2.30. The van der Waals surface area contributed by atoms with Gasteiger partial charge in [-0.1, -0.05) is 0 Å². The standard InChI is InChI=1S/C13H17N3O/c1-8-5-12(17-3)9(2)4-10(8)13-11(6-14)15-7-16-13/h4-5,7H,6,14H2,1-3H3,(H,15,16). The van der Waals surface area contributed by atoms with Gasteiger partial charge in [0.2, 0.25) is 0 Å². The molecule has 90 valence electrons. The highest BCUT2D eigenvalue weighted by atomic mass is 16.5. The molecule has 1 aromatic heterocycles. The number of methoxy groups -OCH3 is 1. The third kappa shape index (κ3) is 2.03. The van der Waals surface area contributed by atoms with Gasteiger partial charge in [0.05, 0.1) is 24.8 Å². The van der Waals surface area contributed by atoms with Gasteiger partial charge in [-0.25, -0.2) is 4.98 Å². The van der Waals surface area contributed by atoms with E-state index in [4.69, 9.17) is 10.5 Å². The van der Waals surface area contributed by atoms with Crippen LogP contribution < -0.4 is 10.5 Å². The molecule has 17 heavy (non-hydrogen) atoms. The van der Waals surface area contributed by atoms with Crippen molar-refractivity contribution in [3.63, 3.8) is 0 Å². The lowest BCUT2D eigenvalue weighted by molar-refractivity contribution is 0.411. The number of nitrogens with two attached hydrogens (primary N) is 1. The molecule has 0 aliphatic carbocycles. The minimum atomic E-state index is 0.458. The summed E-state index contributed by atoms with van der Waals surface area (Å²) < 4.78 is 5.30. The average molecular weight is 231 g/mol. The minimum Gasteiger partial charge on any atom is -0.496 e. The van der Waals surface area contributed by atoms with Crippen LogP contribution >= 0.6 is 0 Å². The van der Waals surface area contributed by atoms with E-state index < -0.39 is 0 Å². The number of imidazole rings is 1. The normalized spacial score (nSPS) is 10.6. The van der Waals surface area contributed by atoms with E-state index in [0.29, 0.717) is 6.54 Å². The summed E-state index contributed by atoms with van der Waals surface area (Å²) in [5.41, 5.74) is 10.9. The van der Waals surface area contributed by atoms with Gasteiger partial charge < -0.3 is 15.5 Å². The SMILES string of the molecule is COc1cc(C)c(-c2nc[nH]c2CN)cc1C. The molecule has 0 saturated carbocycles. The second-order valence-corrected chi connectivity index (χ2v) is 4.07. The molecule has 4 nitrogen and oxygen atoms in total. The molecule has 0 spiro atoms. The first kappa shape index (κ1) is 11.7. The molecule has 4 heteroatoms. The van der Waals surface area contributed by atoms with E-state index in [9.17, 15) is 0 Å². The maximum atomic E-state index is 5.68. The van der Waals surface area contributed by atoms with Crippen molar-refractivity contribution in [1.82, 2.24) is 9.97 Å². The van der Waals surface area contributed by atoms with Crippen LogP contribution in [0.1, 0.15) is 16.8 Å². The van der Waals surface area contributed by atoms with Crippen LogP contribution in [0, 0.1) is 13.8 Å². The number of aromatic amines is 1. The topological polar surface area (TPSA) is 63.9 Å². The van der Waals surface area contributed by atoms with Gasteiger partial charge in [-0.05, 0) is 37.1 Å². The molecule has 0 unspecified atom stereocenters. The summed E-state index contributed by atoms with van der Waals surface area (Å²) >= 11 is 0. The van der Waals surface area contributed by atoms with Gasteiger partial charge in [0.25, 0.3) is 0 Å². The lowest BCUT2D eigenvalue weighted by Gasteiger charge is -2.10. The van der Waals surface area contributed by atoms with Gasteiger partial charge in [0.15, 0.2) is 0 Å². The number of nitrogens with zero attached hydrogens (tertiary/aromatic N) is 1. The third-order valence-electron chi connectivity index (χ3n) is 2.92. The fraction of sp³-hybridized carbons (Fsp3) is 0.308. The summed E-state index contributed by atoms with van der Waals surface area (Å²) in [7, 11) is 1.68. The summed E-state index contributed by atoms with van der Waals surface area (Å²) in [6.07, 6.45) is 1.68. The second-order valence-electron chi connectivity index (χ2n) is 4.07. The van der Waals surface area contributed by atoms with Gasteiger partial charge in [-0.3, -0.25) is 0 Å². The summed E-state index contributed by atoms with van der Waals surface area (Å²) in [5.74, 6) is 0.899. The van der Waals surface area contributed by atoms with E-state index in [1.807, 2.05) is 19.9 Å². The lowest BCUT2D eigenvalue weighted by Crippen LogP contribution is -2.00. The minimum absolute atomic E-state index is 0.458. The highest BCUT2D eigenvalue weighted by Gasteiger charge is 2.12. The Kier molecular flexibility index (Phi) is 3.15. The molecular weight excluding hydrogens is 214 g/mol. The monoisotopic (exact) mass is 231 g/mol. The van der Waals surface area contributed by atoms with E-state index in [0.717, 1.165) is 33.8 Å². The summed E-state index contributed by atoms with van der Waals surface area (Å²) in [6, 6.07) is 4.11. The number of aromatic nitrogens is 2. The first-order valence-electron chi connectivity index (χ1n) is 5.55.